The number of aliphatic hydroxyl groups excluding tert-OH is 1. The SMILES string of the molecule is CCCCCc1ccc2c(c1O)OC(CO)CO2. The Balaban J connectivity index is 2.15. The molecule has 1 aromatic carbocycles. The number of aromatic hydroxyl groups is 1. The van der Waals surface area contributed by atoms with Gasteiger partial charge in [-0.3, -0.25) is 0 Å². The summed E-state index contributed by atoms with van der Waals surface area (Å²) in [4.78, 5) is 0. The van der Waals surface area contributed by atoms with Gasteiger partial charge in [0.25, 0.3) is 0 Å². The van der Waals surface area contributed by atoms with Crippen LogP contribution in [0.3, 0.4) is 0 Å². The second-order valence-corrected chi connectivity index (χ2v) is 4.59. The van der Waals surface area contributed by atoms with E-state index in [0.29, 0.717) is 18.1 Å². The van der Waals surface area contributed by atoms with Crippen LogP contribution in [0.2, 0.25) is 0 Å². The first-order valence-corrected chi connectivity index (χ1v) is 6.51. The Bertz CT molecular complexity index is 403. The van der Waals surface area contributed by atoms with Crippen LogP contribution < -0.4 is 9.47 Å². The highest BCUT2D eigenvalue weighted by Crippen LogP contribution is 2.42. The quantitative estimate of drug-likeness (QED) is 0.789. The van der Waals surface area contributed by atoms with Crippen molar-refractivity contribution in [2.24, 2.45) is 0 Å². The van der Waals surface area contributed by atoms with Crippen molar-refractivity contribution in [3.05, 3.63) is 17.7 Å². The van der Waals surface area contributed by atoms with Crippen LogP contribution in [0.15, 0.2) is 12.1 Å². The van der Waals surface area contributed by atoms with E-state index in [9.17, 15) is 5.11 Å². The lowest BCUT2D eigenvalue weighted by Crippen LogP contribution is -2.32. The van der Waals surface area contributed by atoms with E-state index < -0.39 is 6.10 Å². The van der Waals surface area contributed by atoms with Crippen molar-refractivity contribution in [1.82, 2.24) is 0 Å². The third-order valence-electron chi connectivity index (χ3n) is 3.14. The van der Waals surface area contributed by atoms with Gasteiger partial charge in [-0.1, -0.05) is 25.8 Å². The van der Waals surface area contributed by atoms with Gasteiger partial charge in [-0.05, 0) is 24.5 Å². The number of fused-ring (bicyclic) bond motifs is 1. The Kier molecular flexibility index (Phi) is 4.31. The maximum Gasteiger partial charge on any atom is 0.204 e. The summed E-state index contributed by atoms with van der Waals surface area (Å²) in [7, 11) is 0. The van der Waals surface area contributed by atoms with Gasteiger partial charge < -0.3 is 19.7 Å². The summed E-state index contributed by atoms with van der Waals surface area (Å²) >= 11 is 0. The maximum absolute atomic E-state index is 10.2. The molecule has 1 unspecified atom stereocenters. The van der Waals surface area contributed by atoms with Crippen LogP contribution in [0.5, 0.6) is 17.2 Å². The van der Waals surface area contributed by atoms with Crippen molar-refractivity contribution in [1.29, 1.82) is 0 Å². The zero-order valence-electron chi connectivity index (χ0n) is 10.7. The van der Waals surface area contributed by atoms with E-state index >= 15 is 0 Å². The number of hydrogen-bond donors (Lipinski definition) is 2. The number of phenols is 1. The number of aryl methyl sites for hydroxylation is 1. The summed E-state index contributed by atoms with van der Waals surface area (Å²) in [6.07, 6.45) is 3.78. The highest BCUT2D eigenvalue weighted by Gasteiger charge is 2.24. The fourth-order valence-electron chi connectivity index (χ4n) is 2.06. The Labute approximate surface area is 107 Å². The molecule has 2 N–H and O–H groups in total. The second kappa shape index (κ2) is 5.96. The van der Waals surface area contributed by atoms with Gasteiger partial charge in [-0.2, -0.15) is 0 Å². The van der Waals surface area contributed by atoms with E-state index in [0.717, 1.165) is 31.2 Å². The van der Waals surface area contributed by atoms with Crippen molar-refractivity contribution in [3.63, 3.8) is 0 Å². The molecule has 0 bridgehead atoms. The predicted octanol–water partition coefficient (Wildman–Crippen LogP) is 2.26. The van der Waals surface area contributed by atoms with Gasteiger partial charge in [0.1, 0.15) is 6.61 Å². The molecule has 4 nitrogen and oxygen atoms in total. The van der Waals surface area contributed by atoms with Gasteiger partial charge in [0.2, 0.25) is 5.75 Å². The molecule has 1 aliphatic rings. The average Bonchev–Trinajstić information content (AvgIpc) is 2.41. The molecule has 4 heteroatoms. The molecule has 0 aromatic heterocycles. The van der Waals surface area contributed by atoms with Crippen molar-refractivity contribution in [3.8, 4) is 17.2 Å². The fraction of sp³-hybridized carbons (Fsp3) is 0.571. The molecule has 0 spiro atoms. The Hall–Kier alpha value is -1.42. The molecule has 0 aliphatic carbocycles. The zero-order valence-corrected chi connectivity index (χ0v) is 10.7. The molecular weight excluding hydrogens is 232 g/mol. The fourth-order valence-corrected chi connectivity index (χ4v) is 2.06. The number of benzene rings is 1. The molecule has 1 heterocycles. The van der Waals surface area contributed by atoms with Gasteiger partial charge >= 0.3 is 0 Å². The highest BCUT2D eigenvalue weighted by molar-refractivity contribution is 5.55. The number of ether oxygens (including phenoxy) is 2. The van der Waals surface area contributed by atoms with Crippen LogP contribution in [0.1, 0.15) is 31.7 Å². The summed E-state index contributed by atoms with van der Waals surface area (Å²) in [5, 5.41) is 19.2. The van der Waals surface area contributed by atoms with Gasteiger partial charge in [-0.25, -0.2) is 0 Å². The number of hydrogen-bond acceptors (Lipinski definition) is 4. The largest absolute Gasteiger partial charge is 0.504 e. The van der Waals surface area contributed by atoms with Crippen LogP contribution >= 0.6 is 0 Å². The molecule has 1 aromatic rings. The summed E-state index contributed by atoms with van der Waals surface area (Å²) in [5.74, 6) is 1.08. The van der Waals surface area contributed by atoms with Crippen LogP contribution in [-0.2, 0) is 6.42 Å². The van der Waals surface area contributed by atoms with Crippen LogP contribution in [0, 0.1) is 0 Å². The third-order valence-corrected chi connectivity index (χ3v) is 3.14. The van der Waals surface area contributed by atoms with E-state index in [-0.39, 0.29) is 12.4 Å². The van der Waals surface area contributed by atoms with Gasteiger partial charge in [0.15, 0.2) is 17.6 Å². The van der Waals surface area contributed by atoms with E-state index in [1.54, 1.807) is 0 Å². The first kappa shape index (κ1) is 13.0. The van der Waals surface area contributed by atoms with Gasteiger partial charge in [0.05, 0.1) is 6.61 Å². The van der Waals surface area contributed by atoms with Gasteiger partial charge in [-0.15, -0.1) is 0 Å². The normalized spacial score (nSPS) is 17.8. The average molecular weight is 252 g/mol. The molecule has 0 saturated carbocycles. The monoisotopic (exact) mass is 252 g/mol. The lowest BCUT2D eigenvalue weighted by molar-refractivity contribution is 0.0430. The first-order valence-electron chi connectivity index (χ1n) is 6.51. The van der Waals surface area contributed by atoms with Crippen molar-refractivity contribution >= 4 is 0 Å². The minimum atomic E-state index is -0.394. The summed E-state index contributed by atoms with van der Waals surface area (Å²) in [6.45, 7) is 2.35. The molecule has 1 aliphatic heterocycles. The van der Waals surface area contributed by atoms with Crippen LogP contribution in [0.4, 0.5) is 0 Å². The Morgan fingerprint density at radius 2 is 2.17 bits per heavy atom. The molecule has 0 saturated heterocycles. The molecule has 2 rings (SSSR count). The highest BCUT2D eigenvalue weighted by atomic mass is 16.6. The molecule has 0 fully saturated rings. The standard InChI is InChI=1S/C14H20O4/c1-2-3-4-5-10-6-7-12-14(13(10)16)18-11(8-15)9-17-12/h6-7,11,15-16H,2-5,8-9H2,1H3. The number of phenolic OH excluding ortho intramolecular Hbond substituents is 1. The predicted molar refractivity (Wildman–Crippen MR) is 68.3 cm³/mol. The van der Waals surface area contributed by atoms with Gasteiger partial charge in [0, 0.05) is 0 Å². The zero-order chi connectivity index (χ0) is 13.0. The summed E-state index contributed by atoms with van der Waals surface area (Å²) < 4.78 is 11.0. The molecular formula is C14H20O4. The third kappa shape index (κ3) is 2.70. The minimum absolute atomic E-state index is 0.112. The number of rotatable bonds is 5. The van der Waals surface area contributed by atoms with Crippen molar-refractivity contribution in [2.45, 2.75) is 38.7 Å². The van der Waals surface area contributed by atoms with E-state index in [1.165, 1.54) is 0 Å². The lowest BCUT2D eigenvalue weighted by atomic mass is 10.0. The van der Waals surface area contributed by atoms with Crippen LogP contribution in [-0.4, -0.2) is 29.5 Å². The van der Waals surface area contributed by atoms with Crippen molar-refractivity contribution in [2.75, 3.05) is 13.2 Å². The van der Waals surface area contributed by atoms with Crippen LogP contribution in [0.25, 0.3) is 0 Å². The topological polar surface area (TPSA) is 58.9 Å². The molecule has 0 amide bonds. The van der Waals surface area contributed by atoms with Crippen molar-refractivity contribution < 1.29 is 19.7 Å². The number of unbranched alkanes of at least 4 members (excludes halogenated alkanes) is 2. The van der Waals surface area contributed by atoms with E-state index in [4.69, 9.17) is 14.6 Å². The summed E-state index contributed by atoms with van der Waals surface area (Å²) in [5.41, 5.74) is 0.879. The summed E-state index contributed by atoms with van der Waals surface area (Å²) in [6, 6.07) is 3.70. The van der Waals surface area contributed by atoms with E-state index in [2.05, 4.69) is 6.92 Å². The minimum Gasteiger partial charge on any atom is -0.504 e. The number of aliphatic hydroxyl groups is 1. The maximum atomic E-state index is 10.2. The molecule has 0 radical (unpaired) electrons. The second-order valence-electron chi connectivity index (χ2n) is 4.59. The Morgan fingerprint density at radius 1 is 1.33 bits per heavy atom. The molecule has 1 atom stereocenters. The molecule has 18 heavy (non-hydrogen) atoms. The Morgan fingerprint density at radius 3 is 2.89 bits per heavy atom. The lowest BCUT2D eigenvalue weighted by Gasteiger charge is -2.26. The first-order chi connectivity index (χ1) is 8.76. The smallest absolute Gasteiger partial charge is 0.204 e. The van der Waals surface area contributed by atoms with E-state index in [1.807, 2.05) is 12.1 Å². The molecule has 100 valence electrons.